The Bertz CT molecular complexity index is 782. The molecule has 23 heavy (non-hydrogen) atoms. The predicted octanol–water partition coefficient (Wildman–Crippen LogP) is 2.03. The monoisotopic (exact) mass is 354 g/mol. The van der Waals surface area contributed by atoms with Crippen LogP contribution in [0.1, 0.15) is 23.5 Å². The smallest absolute Gasteiger partial charge is 0.240 e. The molecule has 0 saturated carbocycles. The SMILES string of the molecule is CC(=O)Nc1ccc(S(=O)(=O)NCC(O)c2sccc2C)cc1. The van der Waals surface area contributed by atoms with Crippen molar-refractivity contribution in [3.8, 4) is 0 Å². The fourth-order valence-corrected chi connectivity index (χ4v) is 3.96. The average molecular weight is 354 g/mol. The van der Waals surface area contributed by atoms with E-state index in [0.29, 0.717) is 5.69 Å². The Morgan fingerprint density at radius 3 is 2.43 bits per heavy atom. The molecule has 0 fully saturated rings. The van der Waals surface area contributed by atoms with Gasteiger partial charge in [-0.25, -0.2) is 13.1 Å². The first-order valence-corrected chi connectivity index (χ1v) is 9.25. The largest absolute Gasteiger partial charge is 0.386 e. The van der Waals surface area contributed by atoms with Crippen LogP contribution in [-0.2, 0) is 14.8 Å². The van der Waals surface area contributed by atoms with Crippen molar-refractivity contribution in [2.75, 3.05) is 11.9 Å². The molecule has 3 N–H and O–H groups in total. The zero-order valence-electron chi connectivity index (χ0n) is 12.7. The van der Waals surface area contributed by atoms with Crippen molar-refractivity contribution in [2.45, 2.75) is 24.8 Å². The Hall–Kier alpha value is -1.74. The van der Waals surface area contributed by atoms with E-state index in [1.54, 1.807) is 0 Å². The predicted molar refractivity (Wildman–Crippen MR) is 90.0 cm³/mol. The molecule has 1 unspecified atom stereocenters. The molecule has 0 aliphatic rings. The number of amides is 1. The first-order chi connectivity index (χ1) is 10.8. The quantitative estimate of drug-likeness (QED) is 0.739. The molecule has 1 aromatic carbocycles. The molecule has 2 rings (SSSR count). The first-order valence-electron chi connectivity index (χ1n) is 6.89. The van der Waals surface area contributed by atoms with Crippen LogP contribution in [0.3, 0.4) is 0 Å². The van der Waals surface area contributed by atoms with Crippen molar-refractivity contribution < 1.29 is 18.3 Å². The Morgan fingerprint density at radius 2 is 1.91 bits per heavy atom. The van der Waals surface area contributed by atoms with Crippen molar-refractivity contribution in [1.29, 1.82) is 0 Å². The summed E-state index contributed by atoms with van der Waals surface area (Å²) in [5.41, 5.74) is 1.45. The van der Waals surface area contributed by atoms with Crippen molar-refractivity contribution in [2.24, 2.45) is 0 Å². The summed E-state index contributed by atoms with van der Waals surface area (Å²) in [5, 5.41) is 14.5. The number of benzene rings is 1. The minimum absolute atomic E-state index is 0.0710. The third-order valence-electron chi connectivity index (χ3n) is 3.16. The molecule has 0 aliphatic carbocycles. The lowest BCUT2D eigenvalue weighted by Gasteiger charge is -2.12. The number of aryl methyl sites for hydroxylation is 1. The Morgan fingerprint density at radius 1 is 1.26 bits per heavy atom. The van der Waals surface area contributed by atoms with Crippen LogP contribution in [0.5, 0.6) is 0 Å². The van der Waals surface area contributed by atoms with E-state index in [9.17, 15) is 18.3 Å². The maximum Gasteiger partial charge on any atom is 0.240 e. The minimum atomic E-state index is -3.72. The van der Waals surface area contributed by atoms with Crippen LogP contribution in [0.25, 0.3) is 0 Å². The van der Waals surface area contributed by atoms with E-state index in [2.05, 4.69) is 10.0 Å². The molecule has 124 valence electrons. The van der Waals surface area contributed by atoms with Gasteiger partial charge in [-0.3, -0.25) is 4.79 Å². The van der Waals surface area contributed by atoms with Gasteiger partial charge in [0.15, 0.2) is 0 Å². The number of carbonyl (C=O) groups excluding carboxylic acids is 1. The number of sulfonamides is 1. The fraction of sp³-hybridized carbons (Fsp3) is 0.267. The van der Waals surface area contributed by atoms with Crippen molar-refractivity contribution in [3.63, 3.8) is 0 Å². The molecule has 1 amide bonds. The summed E-state index contributed by atoms with van der Waals surface area (Å²) in [6.45, 7) is 3.14. The number of anilines is 1. The highest BCUT2D eigenvalue weighted by atomic mass is 32.2. The summed E-state index contributed by atoms with van der Waals surface area (Å²) in [7, 11) is -3.72. The van der Waals surface area contributed by atoms with Crippen molar-refractivity contribution >= 4 is 33.0 Å². The van der Waals surface area contributed by atoms with Gasteiger partial charge in [-0.2, -0.15) is 0 Å². The lowest BCUT2D eigenvalue weighted by molar-refractivity contribution is -0.114. The summed E-state index contributed by atoms with van der Waals surface area (Å²) in [4.78, 5) is 11.8. The van der Waals surface area contributed by atoms with Crippen molar-refractivity contribution in [1.82, 2.24) is 4.72 Å². The van der Waals surface area contributed by atoms with Crippen molar-refractivity contribution in [3.05, 3.63) is 46.2 Å². The van der Waals surface area contributed by atoms with Gasteiger partial charge in [0.2, 0.25) is 15.9 Å². The van der Waals surface area contributed by atoms with Crippen LogP contribution < -0.4 is 10.0 Å². The summed E-state index contributed by atoms with van der Waals surface area (Å²) in [6, 6.07) is 7.69. The third kappa shape index (κ3) is 4.61. The van der Waals surface area contributed by atoms with Gasteiger partial charge in [-0.15, -0.1) is 11.3 Å². The van der Waals surface area contributed by atoms with E-state index in [1.165, 1.54) is 42.5 Å². The van der Waals surface area contributed by atoms with Crippen LogP contribution in [0.4, 0.5) is 5.69 Å². The lowest BCUT2D eigenvalue weighted by atomic mass is 10.2. The second kappa shape index (κ2) is 7.22. The summed E-state index contributed by atoms with van der Waals surface area (Å²) >= 11 is 1.39. The molecule has 0 saturated heterocycles. The molecular weight excluding hydrogens is 336 g/mol. The second-order valence-corrected chi connectivity index (χ2v) is 7.76. The highest BCUT2D eigenvalue weighted by Gasteiger charge is 2.18. The van der Waals surface area contributed by atoms with Crippen LogP contribution in [0.15, 0.2) is 40.6 Å². The number of aliphatic hydroxyl groups is 1. The van der Waals surface area contributed by atoms with E-state index in [4.69, 9.17) is 0 Å². The summed E-state index contributed by atoms with van der Waals surface area (Å²) in [6.07, 6.45) is -0.886. The molecular formula is C15H18N2O4S2. The lowest BCUT2D eigenvalue weighted by Crippen LogP contribution is -2.28. The molecule has 8 heteroatoms. The van der Waals surface area contributed by atoms with Gasteiger partial charge in [0.05, 0.1) is 4.90 Å². The van der Waals surface area contributed by atoms with E-state index in [0.717, 1.165) is 10.4 Å². The Kier molecular flexibility index (Phi) is 5.53. The number of carbonyl (C=O) groups is 1. The van der Waals surface area contributed by atoms with E-state index in [-0.39, 0.29) is 17.3 Å². The second-order valence-electron chi connectivity index (χ2n) is 5.04. The fourth-order valence-electron chi connectivity index (χ4n) is 2.01. The highest BCUT2D eigenvalue weighted by molar-refractivity contribution is 7.89. The van der Waals surface area contributed by atoms with Crippen LogP contribution in [-0.4, -0.2) is 26.0 Å². The summed E-state index contributed by atoms with van der Waals surface area (Å²) in [5.74, 6) is -0.229. The standard InChI is InChI=1S/C15H18N2O4S2/c1-10-7-8-22-15(10)14(19)9-16-23(20,21)13-5-3-12(4-6-13)17-11(2)18/h3-8,14,16,19H,9H2,1-2H3,(H,17,18). The average Bonchev–Trinajstić information content (AvgIpc) is 2.91. The zero-order chi connectivity index (χ0) is 17.0. The van der Waals surface area contributed by atoms with Crippen LogP contribution in [0.2, 0.25) is 0 Å². The maximum atomic E-state index is 12.2. The third-order valence-corrected chi connectivity index (χ3v) is 5.72. The Labute approximate surface area is 139 Å². The number of rotatable bonds is 6. The molecule has 0 aliphatic heterocycles. The highest BCUT2D eigenvalue weighted by Crippen LogP contribution is 2.23. The molecule has 2 aromatic rings. The molecule has 6 nitrogen and oxygen atoms in total. The van der Waals surface area contributed by atoms with Gasteiger partial charge < -0.3 is 10.4 Å². The molecule has 0 spiro atoms. The topological polar surface area (TPSA) is 95.5 Å². The van der Waals surface area contributed by atoms with Crippen LogP contribution in [0, 0.1) is 6.92 Å². The molecule has 0 bridgehead atoms. The molecule has 1 heterocycles. The molecule has 0 radical (unpaired) electrons. The number of nitrogens with one attached hydrogen (secondary N) is 2. The number of hydrogen-bond donors (Lipinski definition) is 3. The molecule has 1 aromatic heterocycles. The van der Waals surface area contributed by atoms with Crippen LogP contribution >= 0.6 is 11.3 Å². The van der Waals surface area contributed by atoms with E-state index >= 15 is 0 Å². The normalized spacial score (nSPS) is 12.8. The minimum Gasteiger partial charge on any atom is -0.386 e. The first kappa shape index (κ1) is 17.6. The van der Waals surface area contributed by atoms with E-state index in [1.807, 2.05) is 18.4 Å². The number of aliphatic hydroxyl groups excluding tert-OH is 1. The number of hydrogen-bond acceptors (Lipinski definition) is 5. The van der Waals surface area contributed by atoms with Gasteiger partial charge >= 0.3 is 0 Å². The zero-order valence-corrected chi connectivity index (χ0v) is 14.4. The van der Waals surface area contributed by atoms with Gasteiger partial charge in [-0.1, -0.05) is 0 Å². The van der Waals surface area contributed by atoms with Gasteiger partial charge in [0.1, 0.15) is 6.10 Å². The molecule has 1 atom stereocenters. The van der Waals surface area contributed by atoms with Gasteiger partial charge in [0.25, 0.3) is 0 Å². The number of thiophene rings is 1. The van der Waals surface area contributed by atoms with Gasteiger partial charge in [-0.05, 0) is 48.2 Å². The van der Waals surface area contributed by atoms with E-state index < -0.39 is 16.1 Å². The van der Waals surface area contributed by atoms with Gasteiger partial charge in [0, 0.05) is 24.0 Å². The Balaban J connectivity index is 2.04. The summed E-state index contributed by atoms with van der Waals surface area (Å²) < 4.78 is 26.8. The maximum absolute atomic E-state index is 12.2.